The van der Waals surface area contributed by atoms with Gasteiger partial charge in [-0.3, -0.25) is 10.1 Å². The third-order valence-electron chi connectivity index (χ3n) is 1.38. The monoisotopic (exact) mass is 183 g/mol. The summed E-state index contributed by atoms with van der Waals surface area (Å²) in [6.45, 7) is 0. The molecule has 0 spiro atoms. The van der Waals surface area contributed by atoms with Crippen LogP contribution in [0.3, 0.4) is 0 Å². The molecule has 4 nitrogen and oxygen atoms in total. The Kier molecular flexibility index (Phi) is 2.59. The van der Waals surface area contributed by atoms with Crippen molar-refractivity contribution in [2.75, 3.05) is 5.32 Å². The number of rotatable bonds is 2. The number of aldehydes is 1. The highest BCUT2D eigenvalue weighted by molar-refractivity contribution is 5.84. The topological polar surface area (TPSA) is 66.4 Å². The van der Waals surface area contributed by atoms with Crippen LogP contribution in [-0.4, -0.2) is 17.5 Å². The minimum atomic E-state index is -1.28. The summed E-state index contributed by atoms with van der Waals surface area (Å²) < 4.78 is 12.8. The van der Waals surface area contributed by atoms with Gasteiger partial charge < -0.3 is 5.11 Å². The zero-order valence-electron chi connectivity index (χ0n) is 6.45. The van der Waals surface area contributed by atoms with Crippen molar-refractivity contribution in [1.29, 1.82) is 0 Å². The molecule has 0 saturated heterocycles. The standard InChI is InChI=1S/C8H6FNO3/c9-7-3-6(10-8(12)13)2-1-5(7)4-11/h1-4,10H,(H,12,13). The first-order valence-electron chi connectivity index (χ1n) is 3.38. The third kappa shape index (κ3) is 2.26. The van der Waals surface area contributed by atoms with Gasteiger partial charge in [-0.2, -0.15) is 0 Å². The molecule has 5 heteroatoms. The highest BCUT2D eigenvalue weighted by Gasteiger charge is 2.03. The lowest BCUT2D eigenvalue weighted by molar-refractivity contribution is 0.112. The van der Waals surface area contributed by atoms with E-state index in [0.29, 0.717) is 6.29 Å². The Morgan fingerprint density at radius 1 is 1.54 bits per heavy atom. The van der Waals surface area contributed by atoms with Crippen molar-refractivity contribution >= 4 is 18.1 Å². The van der Waals surface area contributed by atoms with Crippen LogP contribution in [0.25, 0.3) is 0 Å². The van der Waals surface area contributed by atoms with Crippen LogP contribution in [0.2, 0.25) is 0 Å². The van der Waals surface area contributed by atoms with Crippen LogP contribution in [-0.2, 0) is 0 Å². The fraction of sp³-hybridized carbons (Fsp3) is 0. The second-order valence-electron chi connectivity index (χ2n) is 2.28. The largest absolute Gasteiger partial charge is 0.465 e. The van der Waals surface area contributed by atoms with E-state index in [1.54, 1.807) is 0 Å². The SMILES string of the molecule is O=Cc1ccc(NC(=O)O)cc1F. The molecule has 1 rings (SSSR count). The van der Waals surface area contributed by atoms with Crippen LogP contribution in [0.15, 0.2) is 18.2 Å². The van der Waals surface area contributed by atoms with E-state index in [1.165, 1.54) is 12.1 Å². The second kappa shape index (κ2) is 3.66. The summed E-state index contributed by atoms with van der Waals surface area (Å²) in [5, 5.41) is 10.2. The quantitative estimate of drug-likeness (QED) is 0.686. The number of carbonyl (C=O) groups excluding carboxylic acids is 1. The molecule has 0 aliphatic rings. The van der Waals surface area contributed by atoms with Gasteiger partial charge in [-0.1, -0.05) is 0 Å². The normalized spacial score (nSPS) is 9.31. The molecule has 0 aromatic heterocycles. The Morgan fingerprint density at radius 2 is 2.23 bits per heavy atom. The summed E-state index contributed by atoms with van der Waals surface area (Å²) in [6, 6.07) is 3.45. The predicted octanol–water partition coefficient (Wildman–Crippen LogP) is 1.73. The number of nitrogens with one attached hydrogen (secondary N) is 1. The van der Waals surface area contributed by atoms with Crippen molar-refractivity contribution < 1.29 is 19.1 Å². The van der Waals surface area contributed by atoms with Gasteiger partial charge in [0.1, 0.15) is 5.82 Å². The van der Waals surface area contributed by atoms with Crippen LogP contribution >= 0.6 is 0 Å². The molecule has 0 saturated carbocycles. The minimum Gasteiger partial charge on any atom is -0.465 e. The smallest absolute Gasteiger partial charge is 0.409 e. The lowest BCUT2D eigenvalue weighted by Crippen LogP contribution is -2.07. The highest BCUT2D eigenvalue weighted by atomic mass is 19.1. The van der Waals surface area contributed by atoms with E-state index in [-0.39, 0.29) is 11.3 Å². The summed E-state index contributed by atoms with van der Waals surface area (Å²) >= 11 is 0. The van der Waals surface area contributed by atoms with Crippen LogP contribution in [0.4, 0.5) is 14.9 Å². The van der Waals surface area contributed by atoms with Crippen molar-refractivity contribution in [1.82, 2.24) is 0 Å². The highest BCUT2D eigenvalue weighted by Crippen LogP contribution is 2.12. The van der Waals surface area contributed by atoms with Crippen molar-refractivity contribution in [2.45, 2.75) is 0 Å². The molecule has 0 fully saturated rings. The van der Waals surface area contributed by atoms with Gasteiger partial charge in [-0.25, -0.2) is 9.18 Å². The zero-order chi connectivity index (χ0) is 9.84. The van der Waals surface area contributed by atoms with E-state index in [2.05, 4.69) is 0 Å². The van der Waals surface area contributed by atoms with Gasteiger partial charge in [0.05, 0.1) is 5.56 Å². The van der Waals surface area contributed by atoms with E-state index < -0.39 is 11.9 Å². The van der Waals surface area contributed by atoms with E-state index in [0.717, 1.165) is 6.07 Å². The number of hydrogen-bond acceptors (Lipinski definition) is 2. The zero-order valence-corrected chi connectivity index (χ0v) is 6.45. The number of benzene rings is 1. The summed E-state index contributed by atoms with van der Waals surface area (Å²) in [6.07, 6.45) is -0.918. The van der Waals surface area contributed by atoms with Gasteiger partial charge in [0, 0.05) is 5.69 Å². The van der Waals surface area contributed by atoms with Crippen LogP contribution in [0, 0.1) is 5.82 Å². The van der Waals surface area contributed by atoms with E-state index in [1.807, 2.05) is 5.32 Å². The molecule has 0 aliphatic heterocycles. The molecular weight excluding hydrogens is 177 g/mol. The average Bonchev–Trinajstić information content (AvgIpc) is 2.03. The Balaban J connectivity index is 2.95. The van der Waals surface area contributed by atoms with Crippen LogP contribution in [0.5, 0.6) is 0 Å². The number of anilines is 1. The van der Waals surface area contributed by atoms with Gasteiger partial charge in [0.2, 0.25) is 0 Å². The number of amides is 1. The lowest BCUT2D eigenvalue weighted by atomic mass is 10.2. The van der Waals surface area contributed by atoms with Crippen LogP contribution in [0.1, 0.15) is 10.4 Å². The average molecular weight is 183 g/mol. The fourth-order valence-electron chi connectivity index (χ4n) is 0.824. The first kappa shape index (κ1) is 9.18. The Labute approximate surface area is 73.0 Å². The molecule has 0 radical (unpaired) electrons. The third-order valence-corrected chi connectivity index (χ3v) is 1.38. The summed E-state index contributed by atoms with van der Waals surface area (Å²) in [7, 11) is 0. The molecule has 1 aromatic rings. The summed E-state index contributed by atoms with van der Waals surface area (Å²) in [5.41, 5.74) is -0.00783. The van der Waals surface area contributed by atoms with Crippen molar-refractivity contribution in [3.63, 3.8) is 0 Å². The van der Waals surface area contributed by atoms with Gasteiger partial charge in [-0.15, -0.1) is 0 Å². The van der Waals surface area contributed by atoms with Gasteiger partial charge >= 0.3 is 6.09 Å². The maximum absolute atomic E-state index is 12.8. The molecule has 0 heterocycles. The molecule has 2 N–H and O–H groups in total. The first-order valence-corrected chi connectivity index (χ1v) is 3.38. The number of halogens is 1. The minimum absolute atomic E-state index is 0.0931. The lowest BCUT2D eigenvalue weighted by Gasteiger charge is -2.00. The maximum Gasteiger partial charge on any atom is 0.409 e. The predicted molar refractivity (Wildman–Crippen MR) is 43.4 cm³/mol. The molecule has 0 aliphatic carbocycles. The van der Waals surface area contributed by atoms with Crippen molar-refractivity contribution in [3.05, 3.63) is 29.6 Å². The number of carbonyl (C=O) groups is 2. The fourth-order valence-corrected chi connectivity index (χ4v) is 0.824. The molecule has 0 unspecified atom stereocenters. The van der Waals surface area contributed by atoms with E-state index in [4.69, 9.17) is 5.11 Å². The second-order valence-corrected chi connectivity index (χ2v) is 2.28. The first-order chi connectivity index (χ1) is 6.13. The van der Waals surface area contributed by atoms with Crippen LogP contribution < -0.4 is 5.32 Å². The summed E-state index contributed by atoms with van der Waals surface area (Å²) in [5.74, 6) is -0.749. The van der Waals surface area contributed by atoms with E-state index >= 15 is 0 Å². The number of carboxylic acid groups (broad SMARTS) is 1. The molecule has 1 aromatic carbocycles. The Bertz CT molecular complexity index is 351. The summed E-state index contributed by atoms with van der Waals surface area (Å²) in [4.78, 5) is 20.3. The molecule has 68 valence electrons. The maximum atomic E-state index is 12.8. The Hall–Kier alpha value is -1.91. The Morgan fingerprint density at radius 3 is 2.69 bits per heavy atom. The molecule has 0 atom stereocenters. The van der Waals surface area contributed by atoms with Gasteiger partial charge in [-0.05, 0) is 18.2 Å². The van der Waals surface area contributed by atoms with Crippen molar-refractivity contribution in [3.8, 4) is 0 Å². The van der Waals surface area contributed by atoms with E-state index in [9.17, 15) is 14.0 Å². The number of hydrogen-bond donors (Lipinski definition) is 2. The molecule has 1 amide bonds. The van der Waals surface area contributed by atoms with Gasteiger partial charge in [0.15, 0.2) is 6.29 Å². The van der Waals surface area contributed by atoms with Crippen molar-refractivity contribution in [2.24, 2.45) is 0 Å². The van der Waals surface area contributed by atoms with Gasteiger partial charge in [0.25, 0.3) is 0 Å². The molecular formula is C8H6FNO3. The molecule has 13 heavy (non-hydrogen) atoms. The molecule has 0 bridgehead atoms.